The predicted octanol–water partition coefficient (Wildman–Crippen LogP) is 2.66. The number of hydrazone groups is 1. The molecule has 3 rings (SSSR count). The van der Waals surface area contributed by atoms with Crippen LogP contribution in [0.5, 0.6) is 5.75 Å². The summed E-state index contributed by atoms with van der Waals surface area (Å²) >= 11 is 6.15. The number of carbonyl (C=O) groups is 2. The molecule has 0 aromatic heterocycles. The van der Waals surface area contributed by atoms with Crippen molar-refractivity contribution in [1.82, 2.24) is 10.7 Å². The van der Waals surface area contributed by atoms with E-state index in [4.69, 9.17) is 21.1 Å². The first-order chi connectivity index (χ1) is 14.1. The van der Waals surface area contributed by atoms with Crippen molar-refractivity contribution in [3.8, 4) is 5.75 Å². The summed E-state index contributed by atoms with van der Waals surface area (Å²) in [5, 5.41) is 7.02. The Morgan fingerprint density at radius 3 is 2.76 bits per heavy atom. The van der Waals surface area contributed by atoms with Crippen molar-refractivity contribution in [3.05, 3.63) is 64.7 Å². The van der Waals surface area contributed by atoms with Gasteiger partial charge in [0.25, 0.3) is 0 Å². The second kappa shape index (κ2) is 10.6. The minimum atomic E-state index is -0.839. The van der Waals surface area contributed by atoms with Crippen LogP contribution in [0.2, 0.25) is 5.02 Å². The Labute approximate surface area is 174 Å². The maximum absolute atomic E-state index is 11.8. The molecule has 29 heavy (non-hydrogen) atoms. The van der Waals surface area contributed by atoms with Gasteiger partial charge in [0.15, 0.2) is 0 Å². The number of nitrogens with zero attached hydrogens (tertiary/aromatic N) is 1. The zero-order valence-electron chi connectivity index (χ0n) is 15.8. The van der Waals surface area contributed by atoms with Crippen LogP contribution in [0.25, 0.3) is 0 Å². The Bertz CT molecular complexity index is 882. The molecule has 0 spiro atoms. The van der Waals surface area contributed by atoms with Gasteiger partial charge in [0, 0.05) is 29.3 Å². The van der Waals surface area contributed by atoms with Crippen LogP contribution in [0, 0.1) is 0 Å². The van der Waals surface area contributed by atoms with Crippen molar-refractivity contribution < 1.29 is 19.1 Å². The average Bonchev–Trinajstić information content (AvgIpc) is 3.26. The van der Waals surface area contributed by atoms with E-state index in [0.717, 1.165) is 18.4 Å². The highest BCUT2D eigenvalue weighted by atomic mass is 35.5. The lowest BCUT2D eigenvalue weighted by Gasteiger charge is -2.10. The second-order valence-electron chi connectivity index (χ2n) is 6.46. The first kappa shape index (κ1) is 20.8. The Hall–Kier alpha value is -2.90. The van der Waals surface area contributed by atoms with Gasteiger partial charge in [-0.15, -0.1) is 0 Å². The molecule has 2 N–H and O–H groups in total. The van der Waals surface area contributed by atoms with Gasteiger partial charge in [-0.25, -0.2) is 5.43 Å². The third kappa shape index (κ3) is 6.30. The van der Waals surface area contributed by atoms with Crippen molar-refractivity contribution in [3.63, 3.8) is 0 Å². The number of hydrogen-bond acceptors (Lipinski definition) is 5. The van der Waals surface area contributed by atoms with Gasteiger partial charge >= 0.3 is 11.8 Å². The molecular formula is C21H22ClN3O4. The van der Waals surface area contributed by atoms with E-state index in [2.05, 4.69) is 15.8 Å². The molecule has 2 aromatic rings. The molecule has 1 aliphatic heterocycles. The van der Waals surface area contributed by atoms with Crippen LogP contribution in [0.3, 0.4) is 0 Å². The normalized spacial score (nSPS) is 16.0. The van der Waals surface area contributed by atoms with Gasteiger partial charge in [0.05, 0.1) is 12.3 Å². The molecule has 0 saturated carbocycles. The Balaban J connectivity index is 1.51. The standard InChI is InChI=1S/C21H22ClN3O4/c22-18-9-3-1-7-16(18)14-29-19-10-4-2-6-15(19)12-24-25-21(27)20(26)23-13-17-8-5-11-28-17/h1-4,6-7,9-10,12,17H,5,8,11,13-14H2,(H,23,26)(H,25,27)/b24-12-/t17-/m1/s1. The number of ether oxygens (including phenoxy) is 2. The number of hydrogen-bond donors (Lipinski definition) is 2. The molecule has 0 unspecified atom stereocenters. The Kier molecular flexibility index (Phi) is 7.61. The van der Waals surface area contributed by atoms with Crippen molar-refractivity contribution >= 4 is 29.6 Å². The van der Waals surface area contributed by atoms with Gasteiger partial charge < -0.3 is 14.8 Å². The van der Waals surface area contributed by atoms with Gasteiger partial charge in [-0.1, -0.05) is 41.9 Å². The highest BCUT2D eigenvalue weighted by Gasteiger charge is 2.19. The molecule has 0 bridgehead atoms. The largest absolute Gasteiger partial charge is 0.488 e. The zero-order valence-corrected chi connectivity index (χ0v) is 16.5. The lowest BCUT2D eigenvalue weighted by atomic mass is 10.2. The van der Waals surface area contributed by atoms with E-state index in [1.807, 2.05) is 30.3 Å². The van der Waals surface area contributed by atoms with Crippen LogP contribution in [-0.2, 0) is 20.9 Å². The summed E-state index contributed by atoms with van der Waals surface area (Å²) < 4.78 is 11.2. The lowest BCUT2D eigenvalue weighted by molar-refractivity contribution is -0.139. The van der Waals surface area contributed by atoms with Gasteiger partial charge in [-0.2, -0.15) is 5.10 Å². The van der Waals surface area contributed by atoms with E-state index in [1.54, 1.807) is 18.2 Å². The molecule has 1 saturated heterocycles. The fraction of sp³-hybridized carbons (Fsp3) is 0.286. The summed E-state index contributed by atoms with van der Waals surface area (Å²) in [6.07, 6.45) is 3.24. The molecule has 1 aliphatic rings. The van der Waals surface area contributed by atoms with Crippen molar-refractivity contribution in [1.29, 1.82) is 0 Å². The minimum absolute atomic E-state index is 0.0302. The molecule has 2 amide bonds. The number of carbonyl (C=O) groups excluding carboxylic acids is 2. The van der Waals surface area contributed by atoms with E-state index < -0.39 is 11.8 Å². The highest BCUT2D eigenvalue weighted by molar-refractivity contribution is 6.35. The maximum Gasteiger partial charge on any atom is 0.329 e. The summed E-state index contributed by atoms with van der Waals surface area (Å²) in [6, 6.07) is 14.6. The quantitative estimate of drug-likeness (QED) is 0.413. The minimum Gasteiger partial charge on any atom is -0.488 e. The van der Waals surface area contributed by atoms with Crippen molar-refractivity contribution in [2.75, 3.05) is 13.2 Å². The monoisotopic (exact) mass is 415 g/mol. The van der Waals surface area contributed by atoms with E-state index in [1.165, 1.54) is 6.21 Å². The first-order valence-electron chi connectivity index (χ1n) is 9.31. The van der Waals surface area contributed by atoms with Crippen molar-refractivity contribution in [2.45, 2.75) is 25.6 Å². The Morgan fingerprint density at radius 1 is 1.17 bits per heavy atom. The molecule has 152 valence electrons. The molecule has 8 heteroatoms. The highest BCUT2D eigenvalue weighted by Crippen LogP contribution is 2.20. The SMILES string of the molecule is O=C(NC[C@H]1CCCO1)C(=O)N/N=C\c1ccccc1OCc1ccccc1Cl. The summed E-state index contributed by atoms with van der Waals surface area (Å²) in [7, 11) is 0. The number of benzene rings is 2. The third-order valence-corrected chi connectivity index (χ3v) is 4.72. The summed E-state index contributed by atoms with van der Waals surface area (Å²) in [4.78, 5) is 23.7. The van der Waals surface area contributed by atoms with Gasteiger partial charge in [-0.05, 0) is 31.0 Å². The molecule has 1 atom stereocenters. The number of rotatable bonds is 7. The molecular weight excluding hydrogens is 394 g/mol. The molecule has 0 radical (unpaired) electrons. The van der Waals surface area contributed by atoms with Crippen LogP contribution in [0.4, 0.5) is 0 Å². The second-order valence-corrected chi connectivity index (χ2v) is 6.87. The maximum atomic E-state index is 11.8. The summed E-state index contributed by atoms with van der Waals surface area (Å²) in [5.41, 5.74) is 3.73. The summed E-state index contributed by atoms with van der Waals surface area (Å²) in [5.74, 6) is -1.01. The smallest absolute Gasteiger partial charge is 0.329 e. The van der Waals surface area contributed by atoms with Crippen LogP contribution >= 0.6 is 11.6 Å². The molecule has 2 aromatic carbocycles. The fourth-order valence-electron chi connectivity index (χ4n) is 2.79. The molecule has 0 aliphatic carbocycles. The van der Waals surface area contributed by atoms with Gasteiger partial charge in [0.2, 0.25) is 0 Å². The van der Waals surface area contributed by atoms with E-state index >= 15 is 0 Å². The summed E-state index contributed by atoms with van der Waals surface area (Å²) in [6.45, 7) is 1.30. The van der Waals surface area contributed by atoms with E-state index in [-0.39, 0.29) is 6.10 Å². The van der Waals surface area contributed by atoms with Crippen LogP contribution < -0.4 is 15.5 Å². The first-order valence-corrected chi connectivity index (χ1v) is 9.69. The number of para-hydroxylation sites is 1. The van der Waals surface area contributed by atoms with E-state index in [9.17, 15) is 9.59 Å². The van der Waals surface area contributed by atoms with Crippen LogP contribution in [0.15, 0.2) is 53.6 Å². The Morgan fingerprint density at radius 2 is 1.97 bits per heavy atom. The number of nitrogens with one attached hydrogen (secondary N) is 2. The van der Waals surface area contributed by atoms with Crippen LogP contribution in [-0.4, -0.2) is 37.3 Å². The number of amides is 2. The predicted molar refractivity (Wildman–Crippen MR) is 110 cm³/mol. The third-order valence-electron chi connectivity index (χ3n) is 4.35. The lowest BCUT2D eigenvalue weighted by Crippen LogP contribution is -2.41. The zero-order chi connectivity index (χ0) is 20.5. The van der Waals surface area contributed by atoms with Gasteiger partial charge in [-0.3, -0.25) is 9.59 Å². The average molecular weight is 416 g/mol. The molecule has 7 nitrogen and oxygen atoms in total. The topological polar surface area (TPSA) is 89.0 Å². The fourth-order valence-corrected chi connectivity index (χ4v) is 2.98. The van der Waals surface area contributed by atoms with Gasteiger partial charge in [0.1, 0.15) is 12.4 Å². The molecule has 1 fully saturated rings. The number of halogens is 1. The van der Waals surface area contributed by atoms with Crippen LogP contribution in [0.1, 0.15) is 24.0 Å². The molecule has 1 heterocycles. The van der Waals surface area contributed by atoms with E-state index in [0.29, 0.717) is 36.1 Å². The van der Waals surface area contributed by atoms with Crippen molar-refractivity contribution in [2.24, 2.45) is 5.10 Å².